The summed E-state index contributed by atoms with van der Waals surface area (Å²) in [7, 11) is -1.58. The Kier molecular flexibility index (Phi) is 3.88. The number of hydrogen-bond acceptors (Lipinski definition) is 3. The summed E-state index contributed by atoms with van der Waals surface area (Å²) in [4.78, 5) is 12.0. The minimum absolute atomic E-state index is 0.187. The zero-order chi connectivity index (χ0) is 16.1. The molecule has 4 heteroatoms. The van der Waals surface area contributed by atoms with E-state index in [0.717, 1.165) is 18.4 Å². The van der Waals surface area contributed by atoms with Crippen molar-refractivity contribution in [3.63, 3.8) is 0 Å². The van der Waals surface area contributed by atoms with Crippen LogP contribution in [-0.4, -0.2) is 30.9 Å². The van der Waals surface area contributed by atoms with Crippen molar-refractivity contribution in [3.05, 3.63) is 12.2 Å². The molecule has 3 nitrogen and oxygen atoms in total. The van der Waals surface area contributed by atoms with Crippen LogP contribution in [0.2, 0.25) is 19.6 Å². The maximum Gasteiger partial charge on any atom is 0.307 e. The molecular weight excluding hydrogens is 280 g/mol. The molecule has 1 aliphatic carbocycles. The first-order chi connectivity index (χ1) is 9.55. The quantitative estimate of drug-likeness (QED) is 0.369. The largest absolute Gasteiger partial charge is 0.454 e. The zero-order valence-corrected chi connectivity index (χ0v) is 14.7. The van der Waals surface area contributed by atoms with E-state index >= 15 is 0 Å². The molecule has 0 aromatic rings. The Balaban J connectivity index is 2.50. The molecule has 1 N–H and O–H groups in total. The standard InChI is InChI=1S/C17H26O3Si/c1-12(2)17-9-7-13(3)16(17,11-15(19)20-17)14(18)8-10-21(4,5)6/h13-14,18H,1,7,9,11H2,2-6H3/t13-,14+,16+,17+/m1/s1. The third kappa shape index (κ3) is 2.37. The van der Waals surface area contributed by atoms with Crippen molar-refractivity contribution in [2.75, 3.05) is 0 Å². The van der Waals surface area contributed by atoms with Gasteiger partial charge in [-0.2, -0.15) is 0 Å². The van der Waals surface area contributed by atoms with Crippen LogP contribution in [0.25, 0.3) is 0 Å². The van der Waals surface area contributed by atoms with Gasteiger partial charge in [-0.1, -0.05) is 39.1 Å². The van der Waals surface area contributed by atoms with Crippen LogP contribution in [-0.2, 0) is 9.53 Å². The van der Waals surface area contributed by atoms with Gasteiger partial charge < -0.3 is 9.84 Å². The van der Waals surface area contributed by atoms with E-state index < -0.39 is 25.2 Å². The van der Waals surface area contributed by atoms with Crippen LogP contribution < -0.4 is 0 Å². The Labute approximate surface area is 128 Å². The number of aliphatic hydroxyl groups excluding tert-OH is 1. The molecule has 0 amide bonds. The molecule has 4 atom stereocenters. The SMILES string of the molecule is C=C(C)[C@@]12CC[C@@H](C)[C@]1([C@@H](O)C#C[Si](C)(C)C)CC(=O)O2. The van der Waals surface area contributed by atoms with E-state index in [1.807, 2.05) is 6.92 Å². The predicted octanol–water partition coefficient (Wildman–Crippen LogP) is 2.91. The molecule has 21 heavy (non-hydrogen) atoms. The van der Waals surface area contributed by atoms with Crippen LogP contribution in [0.1, 0.15) is 33.1 Å². The number of fused-ring (bicyclic) bond motifs is 1. The topological polar surface area (TPSA) is 46.5 Å². The van der Waals surface area contributed by atoms with E-state index in [-0.39, 0.29) is 18.3 Å². The lowest BCUT2D eigenvalue weighted by atomic mass is 9.63. The average Bonchev–Trinajstić information content (AvgIpc) is 2.80. The van der Waals surface area contributed by atoms with Gasteiger partial charge in [0, 0.05) is 0 Å². The van der Waals surface area contributed by atoms with Gasteiger partial charge in [-0.25, -0.2) is 0 Å². The van der Waals surface area contributed by atoms with Gasteiger partial charge in [-0.05, 0) is 31.3 Å². The highest BCUT2D eigenvalue weighted by atomic mass is 28.3. The third-order valence-electron chi connectivity index (χ3n) is 5.05. The van der Waals surface area contributed by atoms with Crippen molar-refractivity contribution in [3.8, 4) is 11.5 Å². The van der Waals surface area contributed by atoms with Crippen LogP contribution in [0.4, 0.5) is 0 Å². The predicted molar refractivity (Wildman–Crippen MR) is 86.2 cm³/mol. The first-order valence-electron chi connectivity index (χ1n) is 7.64. The van der Waals surface area contributed by atoms with E-state index in [9.17, 15) is 9.90 Å². The number of rotatable bonds is 2. The first kappa shape index (κ1) is 16.3. The number of ether oxygens (including phenoxy) is 1. The maximum atomic E-state index is 12.0. The number of hydrogen-bond donors (Lipinski definition) is 1. The summed E-state index contributed by atoms with van der Waals surface area (Å²) in [6, 6.07) is 0. The molecule has 0 radical (unpaired) electrons. The Hall–Kier alpha value is -1.05. The molecule has 0 bridgehead atoms. The van der Waals surface area contributed by atoms with E-state index in [2.05, 4.69) is 44.6 Å². The van der Waals surface area contributed by atoms with Crippen LogP contribution >= 0.6 is 0 Å². The fourth-order valence-corrected chi connectivity index (χ4v) is 4.51. The Morgan fingerprint density at radius 2 is 2.14 bits per heavy atom. The Bertz CT molecular complexity index is 536. The van der Waals surface area contributed by atoms with Gasteiger partial charge >= 0.3 is 5.97 Å². The Morgan fingerprint density at radius 1 is 1.52 bits per heavy atom. The second kappa shape index (κ2) is 5.00. The van der Waals surface area contributed by atoms with Crippen molar-refractivity contribution in [2.24, 2.45) is 11.3 Å². The van der Waals surface area contributed by atoms with Crippen LogP contribution in [0.15, 0.2) is 12.2 Å². The average molecular weight is 306 g/mol. The molecule has 2 fully saturated rings. The van der Waals surface area contributed by atoms with Gasteiger partial charge in [-0.3, -0.25) is 4.79 Å². The highest BCUT2D eigenvalue weighted by Gasteiger charge is 2.69. The Morgan fingerprint density at radius 3 is 2.67 bits per heavy atom. The summed E-state index contributed by atoms with van der Waals surface area (Å²) in [5.41, 5.74) is 2.69. The molecule has 116 valence electrons. The molecule has 1 aliphatic heterocycles. The van der Waals surface area contributed by atoms with Crippen molar-refractivity contribution >= 4 is 14.0 Å². The van der Waals surface area contributed by atoms with Gasteiger partial charge in [-0.15, -0.1) is 5.54 Å². The summed E-state index contributed by atoms with van der Waals surface area (Å²) < 4.78 is 5.71. The molecule has 1 heterocycles. The van der Waals surface area contributed by atoms with E-state index in [0.29, 0.717) is 0 Å². The minimum Gasteiger partial charge on any atom is -0.454 e. The monoisotopic (exact) mass is 306 g/mol. The molecule has 2 rings (SSSR count). The lowest BCUT2D eigenvalue weighted by Gasteiger charge is -2.42. The van der Waals surface area contributed by atoms with Crippen molar-refractivity contribution in [2.45, 2.75) is 64.5 Å². The molecule has 0 aromatic heterocycles. The number of carbonyl (C=O) groups excluding carboxylic acids is 1. The summed E-state index contributed by atoms with van der Waals surface area (Å²) in [6.45, 7) is 14.5. The van der Waals surface area contributed by atoms with Crippen molar-refractivity contribution in [1.82, 2.24) is 0 Å². The molecule has 2 aliphatic rings. The second-order valence-corrected chi connectivity index (χ2v) is 12.4. The fourth-order valence-electron chi connectivity index (χ4n) is 3.94. The van der Waals surface area contributed by atoms with Gasteiger partial charge in [0.25, 0.3) is 0 Å². The van der Waals surface area contributed by atoms with E-state index in [1.54, 1.807) is 0 Å². The lowest BCUT2D eigenvalue weighted by Crippen LogP contribution is -2.51. The number of esters is 1. The van der Waals surface area contributed by atoms with Gasteiger partial charge in [0.2, 0.25) is 0 Å². The van der Waals surface area contributed by atoms with Crippen molar-refractivity contribution in [1.29, 1.82) is 0 Å². The van der Waals surface area contributed by atoms with Crippen LogP contribution in [0, 0.1) is 22.8 Å². The summed E-state index contributed by atoms with van der Waals surface area (Å²) in [5, 5.41) is 10.9. The molecule has 1 saturated heterocycles. The van der Waals surface area contributed by atoms with Gasteiger partial charge in [0.05, 0.1) is 11.8 Å². The fraction of sp³-hybridized carbons (Fsp3) is 0.706. The second-order valence-electron chi connectivity index (χ2n) is 7.66. The lowest BCUT2D eigenvalue weighted by molar-refractivity contribution is -0.148. The minimum atomic E-state index is -1.58. The maximum absolute atomic E-state index is 12.0. The van der Waals surface area contributed by atoms with Crippen LogP contribution in [0.5, 0.6) is 0 Å². The molecule has 1 saturated carbocycles. The number of aliphatic hydroxyl groups is 1. The van der Waals surface area contributed by atoms with Crippen molar-refractivity contribution < 1.29 is 14.6 Å². The highest BCUT2D eigenvalue weighted by Crippen LogP contribution is 2.63. The van der Waals surface area contributed by atoms with E-state index in [4.69, 9.17) is 4.74 Å². The smallest absolute Gasteiger partial charge is 0.307 e. The summed E-state index contributed by atoms with van der Waals surface area (Å²) in [5.74, 6) is 3.00. The van der Waals surface area contributed by atoms with Gasteiger partial charge in [0.15, 0.2) is 0 Å². The molecule has 0 unspecified atom stereocenters. The zero-order valence-electron chi connectivity index (χ0n) is 13.7. The highest BCUT2D eigenvalue weighted by molar-refractivity contribution is 6.83. The van der Waals surface area contributed by atoms with Gasteiger partial charge in [0.1, 0.15) is 19.8 Å². The molecule has 0 aromatic carbocycles. The first-order valence-corrected chi connectivity index (χ1v) is 11.1. The van der Waals surface area contributed by atoms with Crippen LogP contribution in [0.3, 0.4) is 0 Å². The summed E-state index contributed by atoms with van der Waals surface area (Å²) in [6.07, 6.45) is 1.06. The number of carbonyl (C=O) groups is 1. The third-order valence-corrected chi connectivity index (χ3v) is 5.94. The summed E-state index contributed by atoms with van der Waals surface area (Å²) >= 11 is 0. The van der Waals surface area contributed by atoms with E-state index in [1.165, 1.54) is 0 Å². The normalized spacial score (nSPS) is 36.5. The molecular formula is C17H26O3Si. The molecule has 0 spiro atoms.